The van der Waals surface area contributed by atoms with Crippen LogP contribution in [-0.2, 0) is 0 Å². The minimum absolute atomic E-state index is 0.465. The molecule has 1 saturated carbocycles. The summed E-state index contributed by atoms with van der Waals surface area (Å²) in [5.74, 6) is 0.911. The quantitative estimate of drug-likeness (QED) is 0.739. The highest BCUT2D eigenvalue weighted by molar-refractivity contribution is 5.28. The van der Waals surface area contributed by atoms with Crippen LogP contribution in [0.25, 0.3) is 0 Å². The van der Waals surface area contributed by atoms with Gasteiger partial charge in [0.2, 0.25) is 0 Å². The molecule has 1 fully saturated rings. The summed E-state index contributed by atoms with van der Waals surface area (Å²) in [7, 11) is 0. The molecule has 1 atom stereocenters. The lowest BCUT2D eigenvalue weighted by Crippen LogP contribution is -2.38. The standard InChI is InChI=1S/C20H33N/c1-6-20(4,5)17-11-13-18(14-12-17)21-16(3)19-10-8-7-9-15(19)2/h7-10,16-18,21H,6,11-14H2,1-5H3/t16-,17?,18?/m1/s1. The molecule has 0 heterocycles. The zero-order chi connectivity index (χ0) is 15.5. The molecule has 118 valence electrons. The van der Waals surface area contributed by atoms with E-state index in [4.69, 9.17) is 0 Å². The van der Waals surface area contributed by atoms with Crippen molar-refractivity contribution in [3.8, 4) is 0 Å². The van der Waals surface area contributed by atoms with Gasteiger partial charge in [0, 0.05) is 12.1 Å². The zero-order valence-electron chi connectivity index (χ0n) is 14.6. The highest BCUT2D eigenvalue weighted by atomic mass is 14.9. The van der Waals surface area contributed by atoms with Crippen LogP contribution >= 0.6 is 0 Å². The molecule has 1 aliphatic rings. The third-order valence-corrected chi connectivity index (χ3v) is 5.88. The molecule has 1 aromatic carbocycles. The Morgan fingerprint density at radius 1 is 1.14 bits per heavy atom. The lowest BCUT2D eigenvalue weighted by atomic mass is 9.69. The first-order valence-corrected chi connectivity index (χ1v) is 8.75. The van der Waals surface area contributed by atoms with E-state index in [1.54, 1.807) is 0 Å². The maximum Gasteiger partial charge on any atom is 0.0296 e. The van der Waals surface area contributed by atoms with Gasteiger partial charge in [-0.3, -0.25) is 0 Å². The van der Waals surface area contributed by atoms with Gasteiger partial charge in [-0.15, -0.1) is 0 Å². The molecule has 1 N–H and O–H groups in total. The van der Waals surface area contributed by atoms with E-state index < -0.39 is 0 Å². The van der Waals surface area contributed by atoms with E-state index in [-0.39, 0.29) is 0 Å². The van der Waals surface area contributed by atoms with Crippen LogP contribution in [0.5, 0.6) is 0 Å². The Bertz CT molecular complexity index is 441. The average Bonchev–Trinajstić information content (AvgIpc) is 2.48. The molecular formula is C20H33N. The van der Waals surface area contributed by atoms with Gasteiger partial charge in [0.05, 0.1) is 0 Å². The molecule has 0 spiro atoms. The largest absolute Gasteiger partial charge is 0.307 e. The number of rotatable bonds is 5. The zero-order valence-corrected chi connectivity index (χ0v) is 14.6. The molecule has 1 heteroatoms. The van der Waals surface area contributed by atoms with E-state index >= 15 is 0 Å². The average molecular weight is 287 g/mol. The summed E-state index contributed by atoms with van der Waals surface area (Å²) < 4.78 is 0. The summed E-state index contributed by atoms with van der Waals surface area (Å²) in [4.78, 5) is 0. The van der Waals surface area contributed by atoms with Crippen molar-refractivity contribution < 1.29 is 0 Å². The van der Waals surface area contributed by atoms with Gasteiger partial charge in [0.25, 0.3) is 0 Å². The smallest absolute Gasteiger partial charge is 0.0296 e. The van der Waals surface area contributed by atoms with E-state index in [0.29, 0.717) is 17.5 Å². The van der Waals surface area contributed by atoms with Crippen molar-refractivity contribution >= 4 is 0 Å². The van der Waals surface area contributed by atoms with E-state index in [1.807, 2.05) is 0 Å². The summed E-state index contributed by atoms with van der Waals surface area (Å²) in [5.41, 5.74) is 3.37. The maximum atomic E-state index is 3.87. The van der Waals surface area contributed by atoms with Crippen molar-refractivity contribution in [1.82, 2.24) is 5.32 Å². The fourth-order valence-corrected chi connectivity index (χ4v) is 3.85. The van der Waals surface area contributed by atoms with E-state index in [1.165, 1.54) is 43.2 Å². The summed E-state index contributed by atoms with van der Waals surface area (Å²) in [6, 6.07) is 9.92. The Morgan fingerprint density at radius 2 is 1.76 bits per heavy atom. The van der Waals surface area contributed by atoms with Crippen LogP contribution in [0.4, 0.5) is 0 Å². The van der Waals surface area contributed by atoms with E-state index in [9.17, 15) is 0 Å². The van der Waals surface area contributed by atoms with Crippen LogP contribution in [0.15, 0.2) is 24.3 Å². The minimum Gasteiger partial charge on any atom is -0.307 e. The molecule has 1 aliphatic carbocycles. The van der Waals surface area contributed by atoms with Gasteiger partial charge < -0.3 is 5.32 Å². The highest BCUT2D eigenvalue weighted by Gasteiger charge is 2.32. The van der Waals surface area contributed by atoms with Crippen molar-refractivity contribution in [2.24, 2.45) is 11.3 Å². The minimum atomic E-state index is 0.465. The second-order valence-corrected chi connectivity index (χ2v) is 7.64. The normalized spacial score (nSPS) is 24.8. The molecule has 0 radical (unpaired) electrons. The maximum absolute atomic E-state index is 3.87. The molecule has 0 saturated heterocycles. The first-order valence-electron chi connectivity index (χ1n) is 8.75. The fourth-order valence-electron chi connectivity index (χ4n) is 3.85. The number of hydrogen-bond acceptors (Lipinski definition) is 1. The summed E-state index contributed by atoms with van der Waals surface area (Å²) >= 11 is 0. The summed E-state index contributed by atoms with van der Waals surface area (Å²) in [6.07, 6.45) is 6.75. The number of hydrogen-bond donors (Lipinski definition) is 1. The lowest BCUT2D eigenvalue weighted by molar-refractivity contribution is 0.134. The SMILES string of the molecule is CCC(C)(C)C1CCC(N[C@H](C)c2ccccc2C)CC1. The molecule has 2 rings (SSSR count). The molecule has 0 aromatic heterocycles. The van der Waals surface area contributed by atoms with Crippen LogP contribution in [0.3, 0.4) is 0 Å². The van der Waals surface area contributed by atoms with Crippen LogP contribution in [-0.4, -0.2) is 6.04 Å². The Kier molecular flexibility index (Phi) is 5.48. The number of nitrogens with one attached hydrogen (secondary N) is 1. The fraction of sp³-hybridized carbons (Fsp3) is 0.700. The summed E-state index contributed by atoms with van der Waals surface area (Å²) in [5, 5.41) is 3.87. The second-order valence-electron chi connectivity index (χ2n) is 7.64. The molecule has 0 bridgehead atoms. The van der Waals surface area contributed by atoms with Crippen molar-refractivity contribution in [3.05, 3.63) is 35.4 Å². The van der Waals surface area contributed by atoms with Gasteiger partial charge in [0.15, 0.2) is 0 Å². The van der Waals surface area contributed by atoms with Gasteiger partial charge in [-0.1, -0.05) is 51.5 Å². The van der Waals surface area contributed by atoms with Crippen molar-refractivity contribution in [2.75, 3.05) is 0 Å². The van der Waals surface area contributed by atoms with Crippen molar-refractivity contribution in [1.29, 1.82) is 0 Å². The topological polar surface area (TPSA) is 12.0 Å². The Balaban J connectivity index is 1.88. The van der Waals surface area contributed by atoms with Crippen LogP contribution in [0, 0.1) is 18.3 Å². The van der Waals surface area contributed by atoms with Gasteiger partial charge >= 0.3 is 0 Å². The molecule has 21 heavy (non-hydrogen) atoms. The third kappa shape index (κ3) is 4.10. The van der Waals surface area contributed by atoms with Gasteiger partial charge in [0.1, 0.15) is 0 Å². The van der Waals surface area contributed by atoms with Crippen molar-refractivity contribution in [3.63, 3.8) is 0 Å². The number of benzene rings is 1. The highest BCUT2D eigenvalue weighted by Crippen LogP contribution is 2.40. The van der Waals surface area contributed by atoms with E-state index in [0.717, 1.165) is 5.92 Å². The Morgan fingerprint density at radius 3 is 2.33 bits per heavy atom. The van der Waals surface area contributed by atoms with Crippen LogP contribution in [0.1, 0.15) is 77.0 Å². The Hall–Kier alpha value is -0.820. The van der Waals surface area contributed by atoms with Gasteiger partial charge in [-0.2, -0.15) is 0 Å². The molecule has 1 nitrogen and oxygen atoms in total. The van der Waals surface area contributed by atoms with Crippen LogP contribution < -0.4 is 5.32 Å². The van der Waals surface area contributed by atoms with Gasteiger partial charge in [-0.05, 0) is 62.0 Å². The Labute approximate surface area is 131 Å². The predicted octanol–water partition coefficient (Wildman–Crippen LogP) is 5.64. The molecule has 0 amide bonds. The first kappa shape index (κ1) is 16.5. The van der Waals surface area contributed by atoms with Gasteiger partial charge in [-0.25, -0.2) is 0 Å². The van der Waals surface area contributed by atoms with E-state index in [2.05, 4.69) is 64.2 Å². The predicted molar refractivity (Wildman–Crippen MR) is 92.5 cm³/mol. The summed E-state index contributed by atoms with van der Waals surface area (Å²) in [6.45, 7) is 11.8. The van der Waals surface area contributed by atoms with Crippen molar-refractivity contribution in [2.45, 2.75) is 78.8 Å². The first-order chi connectivity index (χ1) is 9.94. The molecule has 0 unspecified atom stereocenters. The molecule has 1 aromatic rings. The number of aryl methyl sites for hydroxylation is 1. The van der Waals surface area contributed by atoms with Crippen LogP contribution in [0.2, 0.25) is 0 Å². The lowest BCUT2D eigenvalue weighted by Gasteiger charge is -2.39. The monoisotopic (exact) mass is 287 g/mol. The second kappa shape index (κ2) is 6.96. The molecular weight excluding hydrogens is 254 g/mol. The molecule has 0 aliphatic heterocycles. The third-order valence-electron chi connectivity index (χ3n) is 5.88.